The smallest absolute Gasteiger partial charge is 0.335 e. The van der Waals surface area contributed by atoms with Crippen LogP contribution in [0.1, 0.15) is 10.4 Å². The highest BCUT2D eigenvalue weighted by molar-refractivity contribution is 8.01. The minimum absolute atomic E-state index is 0.209. The van der Waals surface area contributed by atoms with Crippen molar-refractivity contribution in [2.45, 2.75) is 9.24 Å². The Bertz CT molecular complexity index is 513. The van der Waals surface area contributed by atoms with Crippen molar-refractivity contribution in [1.82, 2.24) is 10.2 Å². The lowest BCUT2D eigenvalue weighted by molar-refractivity contribution is 0.0696. The van der Waals surface area contributed by atoms with Gasteiger partial charge in [0.15, 0.2) is 4.34 Å². The molecule has 0 saturated carbocycles. The van der Waals surface area contributed by atoms with Crippen molar-refractivity contribution < 1.29 is 9.90 Å². The average molecular weight is 253 g/mol. The van der Waals surface area contributed by atoms with E-state index in [9.17, 15) is 4.79 Å². The first-order valence-electron chi connectivity index (χ1n) is 4.23. The molecule has 0 radical (unpaired) electrons. The van der Waals surface area contributed by atoms with E-state index in [1.165, 1.54) is 35.2 Å². The molecule has 82 valence electrons. The number of aromatic nitrogens is 2. The fraction of sp³-hybridized carbons (Fsp3) is 0. The predicted octanol–water partition coefficient (Wildman–Crippen LogP) is 1.97. The highest BCUT2D eigenvalue weighted by atomic mass is 32.2. The summed E-state index contributed by atoms with van der Waals surface area (Å²) in [6, 6.07) is 4.58. The maximum absolute atomic E-state index is 10.8. The van der Waals surface area contributed by atoms with Crippen LogP contribution in [-0.2, 0) is 0 Å². The normalized spacial score (nSPS) is 10.2. The van der Waals surface area contributed by atoms with E-state index in [4.69, 9.17) is 10.8 Å². The summed E-state index contributed by atoms with van der Waals surface area (Å²) in [6.45, 7) is 0. The van der Waals surface area contributed by atoms with Gasteiger partial charge in [0.25, 0.3) is 0 Å². The second kappa shape index (κ2) is 4.50. The molecular formula is C9H7N3O2S2. The van der Waals surface area contributed by atoms with E-state index in [1.54, 1.807) is 11.6 Å². The number of benzene rings is 1. The number of hydrogen-bond donors (Lipinski definition) is 2. The van der Waals surface area contributed by atoms with Gasteiger partial charge in [-0.05, 0) is 18.2 Å². The van der Waals surface area contributed by atoms with Gasteiger partial charge in [-0.3, -0.25) is 0 Å². The molecule has 2 aromatic rings. The third-order valence-electron chi connectivity index (χ3n) is 1.80. The minimum Gasteiger partial charge on any atom is -0.478 e. The van der Waals surface area contributed by atoms with Crippen molar-refractivity contribution in [3.63, 3.8) is 0 Å². The van der Waals surface area contributed by atoms with Crippen LogP contribution in [-0.4, -0.2) is 21.3 Å². The van der Waals surface area contributed by atoms with Crippen LogP contribution in [0.4, 0.5) is 5.69 Å². The standard InChI is InChI=1S/C9H7N3O2S2/c10-6-2-1-5(8(13)14)3-7(6)16-9-12-11-4-15-9/h1-4H,10H2,(H,13,14). The highest BCUT2D eigenvalue weighted by Gasteiger charge is 2.09. The van der Waals surface area contributed by atoms with Gasteiger partial charge < -0.3 is 10.8 Å². The number of carboxylic acid groups (broad SMARTS) is 1. The molecule has 5 nitrogen and oxygen atoms in total. The van der Waals surface area contributed by atoms with Crippen LogP contribution in [0.25, 0.3) is 0 Å². The molecule has 1 heterocycles. The van der Waals surface area contributed by atoms with Crippen LogP contribution in [0.5, 0.6) is 0 Å². The number of carbonyl (C=O) groups is 1. The third-order valence-corrected chi connectivity index (χ3v) is 3.65. The molecule has 0 aliphatic heterocycles. The van der Waals surface area contributed by atoms with E-state index >= 15 is 0 Å². The molecule has 3 N–H and O–H groups in total. The van der Waals surface area contributed by atoms with E-state index in [0.29, 0.717) is 10.6 Å². The van der Waals surface area contributed by atoms with Crippen LogP contribution in [0, 0.1) is 0 Å². The average Bonchev–Trinajstić information content (AvgIpc) is 2.73. The lowest BCUT2D eigenvalue weighted by Gasteiger charge is -2.03. The van der Waals surface area contributed by atoms with E-state index in [0.717, 1.165) is 4.34 Å². The summed E-state index contributed by atoms with van der Waals surface area (Å²) in [6.07, 6.45) is 0. The highest BCUT2D eigenvalue weighted by Crippen LogP contribution is 2.33. The van der Waals surface area contributed by atoms with Gasteiger partial charge in [-0.1, -0.05) is 23.1 Å². The first-order valence-corrected chi connectivity index (χ1v) is 5.93. The molecule has 0 aliphatic rings. The van der Waals surface area contributed by atoms with E-state index < -0.39 is 5.97 Å². The Morgan fingerprint density at radius 2 is 2.31 bits per heavy atom. The monoisotopic (exact) mass is 253 g/mol. The predicted molar refractivity (Wildman–Crippen MR) is 61.8 cm³/mol. The molecule has 1 aromatic carbocycles. The number of nitrogens with zero attached hydrogens (tertiary/aromatic N) is 2. The van der Waals surface area contributed by atoms with Crippen LogP contribution in [0.2, 0.25) is 0 Å². The first-order chi connectivity index (χ1) is 7.66. The third kappa shape index (κ3) is 2.31. The van der Waals surface area contributed by atoms with Gasteiger partial charge in [-0.25, -0.2) is 4.79 Å². The number of carboxylic acids is 1. The summed E-state index contributed by atoms with van der Waals surface area (Å²) < 4.78 is 0.731. The molecule has 2 rings (SSSR count). The van der Waals surface area contributed by atoms with E-state index in [2.05, 4.69) is 10.2 Å². The van der Waals surface area contributed by atoms with Crippen LogP contribution < -0.4 is 5.73 Å². The molecule has 0 amide bonds. The van der Waals surface area contributed by atoms with Crippen molar-refractivity contribution in [2.24, 2.45) is 0 Å². The van der Waals surface area contributed by atoms with Crippen LogP contribution in [0.3, 0.4) is 0 Å². The molecule has 0 aliphatic carbocycles. The Labute approximate surface area is 99.3 Å². The minimum atomic E-state index is -0.973. The summed E-state index contributed by atoms with van der Waals surface area (Å²) >= 11 is 2.69. The number of rotatable bonds is 3. The molecule has 0 unspecified atom stereocenters. The van der Waals surface area contributed by atoms with Crippen molar-refractivity contribution in [1.29, 1.82) is 0 Å². The van der Waals surface area contributed by atoms with Gasteiger partial charge in [0.2, 0.25) is 0 Å². The van der Waals surface area contributed by atoms with Gasteiger partial charge in [-0.15, -0.1) is 10.2 Å². The lowest BCUT2D eigenvalue weighted by atomic mass is 10.2. The molecule has 7 heteroatoms. The fourth-order valence-corrected chi connectivity index (χ4v) is 2.57. The van der Waals surface area contributed by atoms with Crippen molar-refractivity contribution >= 4 is 34.8 Å². The van der Waals surface area contributed by atoms with Crippen molar-refractivity contribution in [2.75, 3.05) is 5.73 Å². The summed E-state index contributed by atoms with van der Waals surface area (Å²) in [4.78, 5) is 11.5. The Morgan fingerprint density at radius 3 is 2.94 bits per heavy atom. The second-order valence-corrected chi connectivity index (χ2v) is 4.99. The molecule has 0 spiro atoms. The van der Waals surface area contributed by atoms with Gasteiger partial charge in [0.05, 0.1) is 5.56 Å². The molecule has 0 fully saturated rings. The number of nitrogens with two attached hydrogens (primary N) is 1. The molecule has 0 atom stereocenters. The Hall–Kier alpha value is -1.60. The van der Waals surface area contributed by atoms with Gasteiger partial charge >= 0.3 is 5.97 Å². The second-order valence-electron chi connectivity index (χ2n) is 2.86. The molecular weight excluding hydrogens is 246 g/mol. The quantitative estimate of drug-likeness (QED) is 0.813. The zero-order valence-corrected chi connectivity index (χ0v) is 9.59. The summed E-state index contributed by atoms with van der Waals surface area (Å²) in [7, 11) is 0. The number of hydrogen-bond acceptors (Lipinski definition) is 6. The fourth-order valence-electron chi connectivity index (χ4n) is 1.06. The number of nitrogen functional groups attached to an aromatic ring is 1. The molecule has 1 aromatic heterocycles. The largest absolute Gasteiger partial charge is 0.478 e. The SMILES string of the molecule is Nc1ccc(C(=O)O)cc1Sc1nncs1. The van der Waals surface area contributed by atoms with Gasteiger partial charge in [-0.2, -0.15) is 0 Å². The molecule has 0 saturated heterocycles. The zero-order chi connectivity index (χ0) is 11.5. The Morgan fingerprint density at radius 1 is 1.50 bits per heavy atom. The molecule has 0 bridgehead atoms. The maximum Gasteiger partial charge on any atom is 0.335 e. The molecule has 16 heavy (non-hydrogen) atoms. The first kappa shape index (κ1) is 10.9. The summed E-state index contributed by atoms with van der Waals surface area (Å²) in [5.41, 5.74) is 8.10. The van der Waals surface area contributed by atoms with Crippen LogP contribution in [0.15, 0.2) is 32.9 Å². The van der Waals surface area contributed by atoms with Gasteiger partial charge in [0.1, 0.15) is 5.51 Å². The lowest BCUT2D eigenvalue weighted by Crippen LogP contribution is -1.98. The Kier molecular flexibility index (Phi) is 3.07. The summed E-state index contributed by atoms with van der Waals surface area (Å²) in [5, 5.41) is 16.4. The van der Waals surface area contributed by atoms with Crippen molar-refractivity contribution in [3.05, 3.63) is 29.3 Å². The number of aromatic carboxylic acids is 1. The zero-order valence-electron chi connectivity index (χ0n) is 7.95. The topological polar surface area (TPSA) is 89.1 Å². The van der Waals surface area contributed by atoms with Crippen LogP contribution >= 0.6 is 23.1 Å². The van der Waals surface area contributed by atoms with E-state index in [1.807, 2.05) is 0 Å². The van der Waals surface area contributed by atoms with E-state index in [-0.39, 0.29) is 5.56 Å². The summed E-state index contributed by atoms with van der Waals surface area (Å²) in [5.74, 6) is -0.973. The van der Waals surface area contributed by atoms with Crippen molar-refractivity contribution in [3.8, 4) is 0 Å². The maximum atomic E-state index is 10.8. The Balaban J connectivity index is 2.32. The van der Waals surface area contributed by atoms with Gasteiger partial charge in [0, 0.05) is 10.6 Å². The number of anilines is 1.